The summed E-state index contributed by atoms with van der Waals surface area (Å²) in [6, 6.07) is 0. The Morgan fingerprint density at radius 3 is 1.91 bits per heavy atom. The van der Waals surface area contributed by atoms with Gasteiger partial charge in [0.25, 0.3) is 0 Å². The Kier molecular flexibility index (Phi) is 6.39. The summed E-state index contributed by atoms with van der Waals surface area (Å²) in [5.41, 5.74) is 0. The van der Waals surface area contributed by atoms with Crippen molar-refractivity contribution in [3.63, 3.8) is 0 Å². The number of nitrogens with zero attached hydrogens (tertiary/aromatic N) is 1. The highest BCUT2D eigenvalue weighted by molar-refractivity contribution is 5.51. The zero-order chi connectivity index (χ0) is 8.53. The fraction of sp³-hybridized carbons (Fsp3) is 0.444. The van der Waals surface area contributed by atoms with Crippen LogP contribution in [0.15, 0.2) is 24.6 Å². The Balaban J connectivity index is 3.85. The van der Waals surface area contributed by atoms with Gasteiger partial charge in [-0.25, -0.2) is 0 Å². The van der Waals surface area contributed by atoms with Crippen LogP contribution in [0.4, 0.5) is 0 Å². The van der Waals surface area contributed by atoms with Gasteiger partial charge in [0.1, 0.15) is 0 Å². The minimum absolute atomic E-state index is 0.929. The lowest BCUT2D eigenvalue weighted by Crippen LogP contribution is -2.04. The maximum Gasteiger partial charge on any atom is 0.320 e. The Labute approximate surface area is 68.2 Å². The molecule has 0 aliphatic carbocycles. The third-order valence-corrected chi connectivity index (χ3v) is 1.11. The molecule has 0 aliphatic heterocycles. The van der Waals surface area contributed by atoms with E-state index >= 15 is 0 Å². The van der Waals surface area contributed by atoms with Crippen molar-refractivity contribution >= 4 is 6.41 Å². The molecule has 2 nitrogen and oxygen atoms in total. The summed E-state index contributed by atoms with van der Waals surface area (Å²) in [5.74, 6) is 0. The molecule has 0 aromatic carbocycles. The van der Waals surface area contributed by atoms with E-state index in [1.807, 2.05) is 26.0 Å². The molecule has 1 amide bonds. The van der Waals surface area contributed by atoms with E-state index in [0.717, 1.165) is 12.8 Å². The van der Waals surface area contributed by atoms with Gasteiger partial charge in [-0.1, -0.05) is 26.0 Å². The van der Waals surface area contributed by atoms with Crippen molar-refractivity contribution in [3.05, 3.63) is 24.6 Å². The Hall–Kier alpha value is -1.05. The van der Waals surface area contributed by atoms with Crippen LogP contribution in [-0.4, -0.2) is 11.3 Å². The average Bonchev–Trinajstić information content (AvgIpc) is 2.05. The molecule has 0 saturated heterocycles. The predicted molar refractivity (Wildman–Crippen MR) is 46.4 cm³/mol. The molecule has 0 heterocycles. The molecular weight excluding hydrogens is 138 g/mol. The molecule has 0 atom stereocenters. The highest BCUT2D eigenvalue weighted by Crippen LogP contribution is 1.90. The van der Waals surface area contributed by atoms with E-state index < -0.39 is 0 Å². The maximum absolute atomic E-state index is 10.2. The quantitative estimate of drug-likeness (QED) is 0.553. The summed E-state index contributed by atoms with van der Waals surface area (Å²) in [6.07, 6.45) is 10.9. The average molecular weight is 152 g/mol. The largest absolute Gasteiger partial charge is 0.320 e. The normalized spacial score (nSPS) is 11.1. The molecule has 2 heteroatoms. The Bertz CT molecular complexity index is 136. The molecule has 0 N–H and O–H groups in total. The monoisotopic (exact) mass is 152 g/mol. The number of amides is 1. The van der Waals surface area contributed by atoms with Gasteiger partial charge in [-0.15, -0.1) is 0 Å². The summed E-state index contributed by atoms with van der Waals surface area (Å²) >= 11 is 0. The second kappa shape index (κ2) is 7.06. The third kappa shape index (κ3) is 5.40. The van der Waals surface area contributed by atoms with E-state index in [2.05, 4.69) is 0 Å². The summed E-state index contributed by atoms with van der Waals surface area (Å²) < 4.78 is 0. The van der Waals surface area contributed by atoms with Crippen molar-refractivity contribution < 1.29 is 4.79 Å². The van der Waals surface area contributed by atoms with Gasteiger partial charge < -0.3 is 0 Å². The van der Waals surface area contributed by atoms with Crippen LogP contribution in [0.1, 0.15) is 26.7 Å². The van der Waals surface area contributed by atoms with Crippen LogP contribution in [0.2, 0.25) is 0 Å². The topological polar surface area (TPSA) is 20.3 Å². The lowest BCUT2D eigenvalue weighted by molar-refractivity contribution is 0.512. The lowest BCUT2D eigenvalue weighted by atomic mass is 10.4. The van der Waals surface area contributed by atoms with Gasteiger partial charge in [0.2, 0.25) is 0 Å². The van der Waals surface area contributed by atoms with Gasteiger partial charge in [-0.2, -0.15) is 0 Å². The minimum Gasteiger partial charge on any atom is -0.287 e. The van der Waals surface area contributed by atoms with Crippen molar-refractivity contribution in [2.45, 2.75) is 26.7 Å². The lowest BCUT2D eigenvalue weighted by Gasteiger charge is -2.01. The Morgan fingerprint density at radius 1 is 1.18 bits per heavy atom. The fourth-order valence-electron chi connectivity index (χ4n) is 0.548. The van der Waals surface area contributed by atoms with Crippen molar-refractivity contribution in [2.24, 2.45) is 0 Å². The highest BCUT2D eigenvalue weighted by atomic mass is 16.1. The van der Waals surface area contributed by atoms with Gasteiger partial charge >= 0.3 is 6.41 Å². The summed E-state index contributed by atoms with van der Waals surface area (Å²) in [4.78, 5) is 11.6. The highest BCUT2D eigenvalue weighted by Gasteiger charge is 1.87. The van der Waals surface area contributed by atoms with Crippen molar-refractivity contribution in [3.8, 4) is 0 Å². The molecule has 1 radical (unpaired) electrons. The molecule has 0 aromatic heterocycles. The summed E-state index contributed by atoms with van der Waals surface area (Å²) in [5, 5.41) is 0. The molecular formula is C9H14NO. The second-order valence-corrected chi connectivity index (χ2v) is 2.08. The zero-order valence-electron chi connectivity index (χ0n) is 7.08. The van der Waals surface area contributed by atoms with E-state index in [9.17, 15) is 4.79 Å². The molecule has 0 aliphatic rings. The van der Waals surface area contributed by atoms with Crippen molar-refractivity contribution in [1.82, 2.24) is 4.90 Å². The van der Waals surface area contributed by atoms with Crippen LogP contribution in [-0.2, 0) is 4.79 Å². The number of hydrogen-bond acceptors (Lipinski definition) is 1. The molecule has 0 fully saturated rings. The van der Waals surface area contributed by atoms with Crippen LogP contribution in [0.3, 0.4) is 0 Å². The molecule has 0 rings (SSSR count). The fourth-order valence-corrected chi connectivity index (χ4v) is 0.548. The number of hydrogen-bond donors (Lipinski definition) is 0. The molecule has 0 spiro atoms. The zero-order valence-corrected chi connectivity index (χ0v) is 7.08. The van der Waals surface area contributed by atoms with E-state index in [1.54, 1.807) is 18.8 Å². The van der Waals surface area contributed by atoms with Gasteiger partial charge in [0.05, 0.1) is 0 Å². The maximum atomic E-state index is 10.2. The summed E-state index contributed by atoms with van der Waals surface area (Å²) in [7, 11) is 0. The van der Waals surface area contributed by atoms with Crippen LogP contribution < -0.4 is 0 Å². The van der Waals surface area contributed by atoms with E-state index in [4.69, 9.17) is 0 Å². The molecule has 0 unspecified atom stereocenters. The first kappa shape index (κ1) is 9.95. The van der Waals surface area contributed by atoms with Crippen LogP contribution >= 0.6 is 0 Å². The van der Waals surface area contributed by atoms with Crippen LogP contribution in [0.25, 0.3) is 0 Å². The van der Waals surface area contributed by atoms with E-state index in [0.29, 0.717) is 0 Å². The van der Waals surface area contributed by atoms with Crippen LogP contribution in [0.5, 0.6) is 0 Å². The number of carbonyl (C=O) groups excluding carboxylic acids is 1. The molecule has 61 valence electrons. The standard InChI is InChI=1S/C9H14NO/c1-3-5-7-10(9-11)8-6-4-2/h5-8H,3-4H2,1-2H3/b7-5+,8-6+. The van der Waals surface area contributed by atoms with Gasteiger partial charge in [0.15, 0.2) is 0 Å². The van der Waals surface area contributed by atoms with E-state index in [-0.39, 0.29) is 0 Å². The van der Waals surface area contributed by atoms with Crippen molar-refractivity contribution in [2.75, 3.05) is 0 Å². The van der Waals surface area contributed by atoms with Gasteiger partial charge in [-0.3, -0.25) is 9.69 Å². The number of rotatable bonds is 5. The SMILES string of the molecule is CC/C=C/N([C]=O)/C=C/CC. The Morgan fingerprint density at radius 2 is 1.64 bits per heavy atom. The molecule has 0 bridgehead atoms. The van der Waals surface area contributed by atoms with Gasteiger partial charge in [0, 0.05) is 12.4 Å². The molecule has 11 heavy (non-hydrogen) atoms. The van der Waals surface area contributed by atoms with Gasteiger partial charge in [-0.05, 0) is 12.8 Å². The predicted octanol–water partition coefficient (Wildman–Crippen LogP) is 2.20. The van der Waals surface area contributed by atoms with E-state index in [1.165, 1.54) is 4.90 Å². The minimum atomic E-state index is 0.929. The molecule has 0 saturated carbocycles. The first-order chi connectivity index (χ1) is 5.35. The van der Waals surface area contributed by atoms with Crippen molar-refractivity contribution in [1.29, 1.82) is 0 Å². The third-order valence-electron chi connectivity index (χ3n) is 1.11. The smallest absolute Gasteiger partial charge is 0.287 e. The molecule has 0 aromatic rings. The van der Waals surface area contributed by atoms with Crippen LogP contribution in [0, 0.1) is 0 Å². The second-order valence-electron chi connectivity index (χ2n) is 2.08. The number of allylic oxidation sites excluding steroid dienone is 2. The first-order valence-corrected chi connectivity index (χ1v) is 3.84. The summed E-state index contributed by atoms with van der Waals surface area (Å²) in [6.45, 7) is 4.03. The first-order valence-electron chi connectivity index (χ1n) is 3.84.